The van der Waals surface area contributed by atoms with Crippen LogP contribution in [0.1, 0.15) is 31.7 Å². The summed E-state index contributed by atoms with van der Waals surface area (Å²) in [6.45, 7) is 5.60. The van der Waals surface area contributed by atoms with Gasteiger partial charge in [0, 0.05) is 47.7 Å². The predicted molar refractivity (Wildman–Crippen MR) is 172 cm³/mol. The number of fused-ring (bicyclic) bond motifs is 6. The molecule has 0 spiro atoms. The molecule has 0 N–H and O–H groups in total. The molecule has 1 aliphatic rings. The van der Waals surface area contributed by atoms with Crippen LogP contribution in [0, 0.1) is 0 Å². The van der Waals surface area contributed by atoms with Crippen LogP contribution < -0.4 is 9.34 Å². The number of rotatable bonds is 5. The van der Waals surface area contributed by atoms with E-state index in [9.17, 15) is 0 Å². The van der Waals surface area contributed by atoms with E-state index in [4.69, 9.17) is 16.8 Å². The fourth-order valence-electron chi connectivity index (χ4n) is 5.59. The van der Waals surface area contributed by atoms with Crippen molar-refractivity contribution in [3.8, 4) is 0 Å². The second-order valence-corrected chi connectivity index (χ2v) is 13.3. The number of nitrogens with zero attached hydrogens (tertiary/aromatic N) is 2. The molecule has 2 aromatic heterocycles. The van der Waals surface area contributed by atoms with Crippen molar-refractivity contribution in [1.82, 2.24) is 0 Å². The van der Waals surface area contributed by atoms with E-state index in [-0.39, 0.29) is 0 Å². The molecular weight excluding hydrogens is 550 g/mol. The number of hydrogen-bond donors (Lipinski definition) is 0. The maximum atomic E-state index is 6.85. The van der Waals surface area contributed by atoms with E-state index in [2.05, 4.69) is 76.9 Å². The zero-order valence-electron chi connectivity index (χ0n) is 23.2. The molecule has 4 aromatic carbocycles. The van der Waals surface area contributed by atoms with E-state index in [0.717, 1.165) is 95.7 Å². The van der Waals surface area contributed by atoms with Crippen LogP contribution in [0.15, 0.2) is 108 Å². The number of aryl methyl sites for hydroxylation is 1. The minimum Gasteiger partial charge on any atom is -0.408 e. The molecule has 6 aromatic rings. The topological polar surface area (TPSA) is 59.0 Å². The van der Waals surface area contributed by atoms with Crippen molar-refractivity contribution in [2.24, 2.45) is 0 Å². The first-order valence-electron chi connectivity index (χ1n) is 14.5. The maximum Gasteiger partial charge on any atom is 0.309 e. The Hall–Kier alpha value is -3.40. The lowest BCUT2D eigenvalue weighted by Crippen LogP contribution is -2.27. The Balaban J connectivity index is 1.28. The summed E-state index contributed by atoms with van der Waals surface area (Å²) in [4.78, 5) is 0. The molecule has 0 bridgehead atoms. The zero-order valence-corrected chi connectivity index (χ0v) is 25.0. The molecule has 1 atom stereocenters. The molecule has 1 unspecified atom stereocenters. The van der Waals surface area contributed by atoms with E-state index in [1.807, 2.05) is 30.3 Å². The molecule has 7 rings (SSSR count). The maximum absolute atomic E-state index is 6.85. The molecular formula is C33H34N2O4P2. The summed E-state index contributed by atoms with van der Waals surface area (Å²) in [6.07, 6.45) is 4.25. The Kier molecular flexibility index (Phi) is 7.65. The summed E-state index contributed by atoms with van der Waals surface area (Å²) in [5.41, 5.74) is 4.87. The molecule has 0 aliphatic carbocycles. The van der Waals surface area contributed by atoms with E-state index in [1.165, 1.54) is 5.56 Å². The first-order valence-corrected chi connectivity index (χ1v) is 16.8. The van der Waals surface area contributed by atoms with Crippen molar-refractivity contribution in [3.63, 3.8) is 0 Å². The monoisotopic (exact) mass is 584 g/mol. The smallest absolute Gasteiger partial charge is 0.309 e. The van der Waals surface area contributed by atoms with Gasteiger partial charge in [-0.3, -0.25) is 0 Å². The summed E-state index contributed by atoms with van der Waals surface area (Å²) in [6, 6.07) is 31.3. The van der Waals surface area contributed by atoms with E-state index < -0.39 is 16.3 Å². The van der Waals surface area contributed by atoms with E-state index >= 15 is 0 Å². The summed E-state index contributed by atoms with van der Waals surface area (Å²) >= 11 is 0. The number of hydrogen-bond acceptors (Lipinski definition) is 6. The lowest BCUT2D eigenvalue weighted by Gasteiger charge is -2.17. The standard InChI is InChI=1S/C33H34N2O4P2/c1-2-3-12-25-13-10-17-29-28-16-6-9-20-32(28)38-41(39-33(25)29)35-22-11-21-34(23-24-35)40-36-30-18-7-4-14-26(30)27-15-5-8-19-31(27)37-40/h4-10,13-20H,2-3,11-12,21-24H2,1H3. The number of para-hydroxylation sites is 4. The molecule has 1 aliphatic heterocycles. The summed E-state index contributed by atoms with van der Waals surface area (Å²) in [5, 5.41) is 4.37. The van der Waals surface area contributed by atoms with Gasteiger partial charge < -0.3 is 16.8 Å². The second-order valence-electron chi connectivity index (χ2n) is 10.5. The van der Waals surface area contributed by atoms with Crippen LogP contribution >= 0.6 is 16.3 Å². The average Bonchev–Trinajstić information content (AvgIpc) is 3.43. The molecule has 210 valence electrons. The highest BCUT2D eigenvalue weighted by Gasteiger charge is 2.24. The van der Waals surface area contributed by atoms with Gasteiger partial charge in [0.15, 0.2) is 0 Å². The van der Waals surface area contributed by atoms with Crippen molar-refractivity contribution in [2.45, 2.75) is 32.6 Å². The largest absolute Gasteiger partial charge is 0.408 e. The summed E-state index contributed by atoms with van der Waals surface area (Å²) < 4.78 is 31.4. The summed E-state index contributed by atoms with van der Waals surface area (Å²) in [5.74, 6) is 0. The lowest BCUT2D eigenvalue weighted by molar-refractivity contribution is 0.616. The van der Waals surface area contributed by atoms with Crippen LogP contribution in [-0.4, -0.2) is 26.2 Å². The van der Waals surface area contributed by atoms with Crippen LogP contribution in [0.4, 0.5) is 0 Å². The van der Waals surface area contributed by atoms with Gasteiger partial charge in [-0.25, -0.2) is 9.34 Å². The van der Waals surface area contributed by atoms with Crippen LogP contribution in [0.25, 0.3) is 43.9 Å². The second kappa shape index (κ2) is 11.8. The van der Waals surface area contributed by atoms with Crippen LogP contribution in [0.3, 0.4) is 0 Å². The molecule has 41 heavy (non-hydrogen) atoms. The van der Waals surface area contributed by atoms with Gasteiger partial charge in [0.1, 0.15) is 22.3 Å². The quantitative estimate of drug-likeness (QED) is 0.201. The Morgan fingerprint density at radius 2 is 1.05 bits per heavy atom. The molecule has 6 nitrogen and oxygen atoms in total. The van der Waals surface area contributed by atoms with Crippen LogP contribution in [0.5, 0.6) is 0 Å². The Morgan fingerprint density at radius 3 is 1.61 bits per heavy atom. The fourth-order valence-corrected chi connectivity index (χ4v) is 8.60. The molecule has 0 amide bonds. The fraction of sp³-hybridized carbons (Fsp3) is 0.273. The lowest BCUT2D eigenvalue weighted by atomic mass is 10.0. The average molecular weight is 585 g/mol. The number of benzene rings is 4. The van der Waals surface area contributed by atoms with Crippen LogP contribution in [0.2, 0.25) is 0 Å². The first kappa shape index (κ1) is 26.5. The van der Waals surface area contributed by atoms with Gasteiger partial charge in [-0.2, -0.15) is 0 Å². The van der Waals surface area contributed by atoms with E-state index in [1.54, 1.807) is 0 Å². The third-order valence-corrected chi connectivity index (χ3v) is 10.9. The summed E-state index contributed by atoms with van der Waals surface area (Å²) in [7, 11) is -2.64. The normalized spacial score (nSPS) is 15.5. The van der Waals surface area contributed by atoms with Gasteiger partial charge in [0.25, 0.3) is 0 Å². The minimum absolute atomic E-state index is 0.799. The minimum atomic E-state index is -1.33. The van der Waals surface area contributed by atoms with Crippen molar-refractivity contribution >= 4 is 60.2 Å². The predicted octanol–water partition coefficient (Wildman–Crippen LogP) is 10.2. The molecule has 1 fully saturated rings. The third kappa shape index (κ3) is 5.34. The Labute approximate surface area is 241 Å². The van der Waals surface area contributed by atoms with E-state index in [0.29, 0.717) is 0 Å². The van der Waals surface area contributed by atoms with Crippen molar-refractivity contribution in [2.75, 3.05) is 35.5 Å². The van der Waals surface area contributed by atoms with Crippen molar-refractivity contribution in [1.29, 1.82) is 0 Å². The third-order valence-electron chi connectivity index (χ3n) is 7.75. The van der Waals surface area contributed by atoms with Gasteiger partial charge in [0.2, 0.25) is 0 Å². The molecule has 8 heteroatoms. The molecule has 0 saturated carbocycles. The highest BCUT2D eigenvalue weighted by Crippen LogP contribution is 2.41. The Bertz CT molecular complexity index is 1860. The highest BCUT2D eigenvalue weighted by molar-refractivity contribution is 7.39. The molecule has 0 radical (unpaired) electrons. The van der Waals surface area contributed by atoms with Crippen molar-refractivity contribution in [3.05, 3.63) is 96.6 Å². The Morgan fingerprint density at radius 1 is 0.561 bits per heavy atom. The van der Waals surface area contributed by atoms with Crippen LogP contribution in [-0.2, 0) is 6.42 Å². The molecule has 3 heterocycles. The first-order chi connectivity index (χ1) is 20.3. The van der Waals surface area contributed by atoms with Crippen molar-refractivity contribution < 1.29 is 16.8 Å². The van der Waals surface area contributed by atoms with Gasteiger partial charge in [0.05, 0.1) is 0 Å². The zero-order chi connectivity index (χ0) is 27.6. The number of unbranched alkanes of at least 4 members (excludes halogenated alkanes) is 1. The SMILES string of the molecule is CCCCc1cccc2c1op(N1CCCN(p3oc4ccccc4c4ccccc4o3)CC1)oc1ccccc12. The highest BCUT2D eigenvalue weighted by atomic mass is 31.1. The van der Waals surface area contributed by atoms with Gasteiger partial charge in [-0.15, -0.1) is 0 Å². The van der Waals surface area contributed by atoms with Gasteiger partial charge in [-0.1, -0.05) is 86.1 Å². The molecule has 1 saturated heterocycles. The van der Waals surface area contributed by atoms with Gasteiger partial charge >= 0.3 is 16.3 Å². The van der Waals surface area contributed by atoms with Gasteiger partial charge in [-0.05, 0) is 43.0 Å².